The van der Waals surface area contributed by atoms with E-state index in [2.05, 4.69) is 20.2 Å². The van der Waals surface area contributed by atoms with E-state index >= 15 is 0 Å². The number of fused-ring (bicyclic) bond motifs is 1. The molecule has 3 aromatic rings. The van der Waals surface area contributed by atoms with Gasteiger partial charge in [-0.3, -0.25) is 4.79 Å². The molecule has 1 heterocycles. The molecule has 2 aromatic carbocycles. The SMILES string of the molecule is CN(CCCNC(=O)CCc1nc2ccccc2[nH]1)Cc1ccc(Cl)c(Cl)c1. The molecule has 2 N–H and O–H groups in total. The summed E-state index contributed by atoms with van der Waals surface area (Å²) >= 11 is 12.0. The number of benzene rings is 2. The second kappa shape index (κ2) is 9.92. The number of halogens is 2. The van der Waals surface area contributed by atoms with Crippen molar-refractivity contribution in [1.82, 2.24) is 20.2 Å². The van der Waals surface area contributed by atoms with Gasteiger partial charge in [0.1, 0.15) is 5.82 Å². The van der Waals surface area contributed by atoms with E-state index in [4.69, 9.17) is 23.2 Å². The quantitative estimate of drug-likeness (QED) is 0.504. The highest BCUT2D eigenvalue weighted by atomic mass is 35.5. The van der Waals surface area contributed by atoms with Gasteiger partial charge in [-0.05, 0) is 49.8 Å². The summed E-state index contributed by atoms with van der Waals surface area (Å²) < 4.78 is 0. The summed E-state index contributed by atoms with van der Waals surface area (Å²) in [5.41, 5.74) is 3.05. The van der Waals surface area contributed by atoms with Crippen molar-refractivity contribution < 1.29 is 4.79 Å². The number of aromatic amines is 1. The van der Waals surface area contributed by atoms with Crippen LogP contribution in [0, 0.1) is 0 Å². The first-order chi connectivity index (χ1) is 13.5. The number of carbonyl (C=O) groups is 1. The number of carbonyl (C=O) groups excluding carboxylic acids is 1. The molecule has 0 aliphatic heterocycles. The third-order valence-electron chi connectivity index (χ3n) is 4.50. The van der Waals surface area contributed by atoms with Crippen molar-refractivity contribution in [2.75, 3.05) is 20.1 Å². The summed E-state index contributed by atoms with van der Waals surface area (Å²) in [4.78, 5) is 22.0. The predicted octanol–water partition coefficient (Wildman–Crippen LogP) is 4.44. The van der Waals surface area contributed by atoms with Crippen LogP contribution in [0.2, 0.25) is 10.0 Å². The molecule has 5 nitrogen and oxygen atoms in total. The third-order valence-corrected chi connectivity index (χ3v) is 5.24. The van der Waals surface area contributed by atoms with Gasteiger partial charge >= 0.3 is 0 Å². The maximum Gasteiger partial charge on any atom is 0.220 e. The lowest BCUT2D eigenvalue weighted by atomic mass is 10.2. The van der Waals surface area contributed by atoms with E-state index in [0.29, 0.717) is 29.4 Å². The molecule has 0 saturated heterocycles. The molecule has 0 aliphatic rings. The number of aromatic nitrogens is 2. The van der Waals surface area contributed by atoms with Gasteiger partial charge in [0, 0.05) is 25.9 Å². The Labute approximate surface area is 175 Å². The fourth-order valence-corrected chi connectivity index (χ4v) is 3.37. The van der Waals surface area contributed by atoms with Crippen molar-refractivity contribution >= 4 is 40.1 Å². The average Bonchev–Trinajstić information content (AvgIpc) is 3.09. The van der Waals surface area contributed by atoms with Crippen LogP contribution in [0.15, 0.2) is 42.5 Å². The number of imidazole rings is 1. The Hall–Kier alpha value is -2.08. The van der Waals surface area contributed by atoms with Crippen molar-refractivity contribution in [2.24, 2.45) is 0 Å². The lowest BCUT2D eigenvalue weighted by Crippen LogP contribution is -2.28. The van der Waals surface area contributed by atoms with Crippen LogP contribution in [0.5, 0.6) is 0 Å². The first-order valence-electron chi connectivity index (χ1n) is 9.34. The summed E-state index contributed by atoms with van der Waals surface area (Å²) in [6.07, 6.45) is 1.92. The van der Waals surface area contributed by atoms with E-state index in [-0.39, 0.29) is 5.91 Å². The number of hydrogen-bond donors (Lipinski definition) is 2. The van der Waals surface area contributed by atoms with Crippen molar-refractivity contribution in [3.63, 3.8) is 0 Å². The molecule has 0 fully saturated rings. The zero-order valence-corrected chi connectivity index (χ0v) is 17.4. The number of nitrogens with one attached hydrogen (secondary N) is 2. The predicted molar refractivity (Wildman–Crippen MR) is 115 cm³/mol. The molecule has 1 amide bonds. The highest BCUT2D eigenvalue weighted by molar-refractivity contribution is 6.42. The van der Waals surface area contributed by atoms with E-state index in [1.807, 2.05) is 49.5 Å². The van der Waals surface area contributed by atoms with E-state index in [9.17, 15) is 4.79 Å². The van der Waals surface area contributed by atoms with Crippen LogP contribution in [-0.2, 0) is 17.8 Å². The average molecular weight is 419 g/mol. The zero-order valence-electron chi connectivity index (χ0n) is 15.8. The second-order valence-electron chi connectivity index (χ2n) is 6.89. The van der Waals surface area contributed by atoms with Gasteiger partial charge in [0.25, 0.3) is 0 Å². The van der Waals surface area contributed by atoms with Gasteiger partial charge in [-0.1, -0.05) is 41.4 Å². The molecule has 0 saturated carbocycles. The van der Waals surface area contributed by atoms with Gasteiger partial charge in [-0.2, -0.15) is 0 Å². The topological polar surface area (TPSA) is 61.0 Å². The summed E-state index contributed by atoms with van der Waals surface area (Å²) in [5, 5.41) is 4.12. The van der Waals surface area contributed by atoms with Crippen LogP contribution in [0.25, 0.3) is 11.0 Å². The van der Waals surface area contributed by atoms with Crippen LogP contribution in [-0.4, -0.2) is 40.9 Å². The number of rotatable bonds is 9. The van der Waals surface area contributed by atoms with Gasteiger partial charge in [-0.25, -0.2) is 4.98 Å². The number of hydrogen-bond acceptors (Lipinski definition) is 3. The lowest BCUT2D eigenvalue weighted by molar-refractivity contribution is -0.121. The molecular weight excluding hydrogens is 395 g/mol. The third kappa shape index (κ3) is 5.96. The summed E-state index contributed by atoms with van der Waals surface area (Å²) in [6.45, 7) is 2.33. The van der Waals surface area contributed by atoms with Crippen LogP contribution < -0.4 is 5.32 Å². The molecule has 3 rings (SSSR count). The number of nitrogens with zero attached hydrogens (tertiary/aromatic N) is 2. The molecule has 7 heteroatoms. The van der Waals surface area contributed by atoms with Crippen molar-refractivity contribution in [3.8, 4) is 0 Å². The molecule has 148 valence electrons. The monoisotopic (exact) mass is 418 g/mol. The highest BCUT2D eigenvalue weighted by Crippen LogP contribution is 2.23. The Morgan fingerprint density at radius 2 is 2.00 bits per heavy atom. The minimum absolute atomic E-state index is 0.0487. The molecular formula is C21H24Cl2N4O. The summed E-state index contributed by atoms with van der Waals surface area (Å²) in [6, 6.07) is 13.6. The van der Waals surface area contributed by atoms with Crippen LogP contribution in [0.3, 0.4) is 0 Å². The number of H-pyrrole nitrogens is 1. The van der Waals surface area contributed by atoms with E-state index < -0.39 is 0 Å². The van der Waals surface area contributed by atoms with Crippen molar-refractivity contribution in [2.45, 2.75) is 25.8 Å². The fraction of sp³-hybridized carbons (Fsp3) is 0.333. The Morgan fingerprint density at radius 1 is 1.18 bits per heavy atom. The van der Waals surface area contributed by atoms with Crippen molar-refractivity contribution in [1.29, 1.82) is 0 Å². The standard InChI is InChI=1S/C21H24Cl2N4O/c1-27(14-15-7-8-16(22)17(23)13-15)12-4-11-24-21(28)10-9-20-25-18-5-2-3-6-19(18)26-20/h2-3,5-8,13H,4,9-12,14H2,1H3,(H,24,28)(H,25,26). The van der Waals surface area contributed by atoms with E-state index in [0.717, 1.165) is 41.9 Å². The van der Waals surface area contributed by atoms with Crippen molar-refractivity contribution in [3.05, 3.63) is 63.9 Å². The number of aryl methyl sites for hydroxylation is 1. The molecule has 0 radical (unpaired) electrons. The van der Waals surface area contributed by atoms with Gasteiger partial charge in [0.2, 0.25) is 5.91 Å². The Balaban J connectivity index is 1.33. The molecule has 0 atom stereocenters. The van der Waals surface area contributed by atoms with Gasteiger partial charge in [0.15, 0.2) is 0 Å². The van der Waals surface area contributed by atoms with Crippen LogP contribution >= 0.6 is 23.2 Å². The first-order valence-corrected chi connectivity index (χ1v) is 10.1. The Bertz CT molecular complexity index is 908. The second-order valence-corrected chi connectivity index (χ2v) is 7.70. The maximum absolute atomic E-state index is 12.0. The largest absolute Gasteiger partial charge is 0.356 e. The maximum atomic E-state index is 12.0. The van der Waals surface area contributed by atoms with Gasteiger partial charge in [-0.15, -0.1) is 0 Å². The van der Waals surface area contributed by atoms with E-state index in [1.54, 1.807) is 0 Å². The number of amides is 1. The lowest BCUT2D eigenvalue weighted by Gasteiger charge is -2.17. The molecule has 28 heavy (non-hydrogen) atoms. The molecule has 0 aliphatic carbocycles. The fourth-order valence-electron chi connectivity index (χ4n) is 3.05. The molecule has 1 aromatic heterocycles. The summed E-state index contributed by atoms with van der Waals surface area (Å²) in [7, 11) is 2.05. The minimum Gasteiger partial charge on any atom is -0.356 e. The van der Waals surface area contributed by atoms with Gasteiger partial charge in [0.05, 0.1) is 21.1 Å². The molecule has 0 bridgehead atoms. The minimum atomic E-state index is 0.0487. The van der Waals surface area contributed by atoms with Crippen LogP contribution in [0.4, 0.5) is 0 Å². The number of para-hydroxylation sites is 2. The summed E-state index contributed by atoms with van der Waals surface area (Å²) in [5.74, 6) is 0.894. The van der Waals surface area contributed by atoms with Crippen LogP contribution in [0.1, 0.15) is 24.2 Å². The first kappa shape index (κ1) is 20.6. The molecule has 0 spiro atoms. The Morgan fingerprint density at radius 3 is 2.79 bits per heavy atom. The van der Waals surface area contributed by atoms with E-state index in [1.165, 1.54) is 0 Å². The highest BCUT2D eigenvalue weighted by Gasteiger charge is 2.07. The normalized spacial score (nSPS) is 11.3. The molecule has 0 unspecified atom stereocenters. The Kier molecular flexibility index (Phi) is 7.31. The zero-order chi connectivity index (χ0) is 19.9. The van der Waals surface area contributed by atoms with Gasteiger partial charge < -0.3 is 15.2 Å². The smallest absolute Gasteiger partial charge is 0.220 e.